The Labute approximate surface area is 142 Å². The molecule has 1 aliphatic rings. The first-order valence-electron chi connectivity index (χ1n) is 8.06. The predicted molar refractivity (Wildman–Crippen MR) is 92.7 cm³/mol. The molecular formula is C19H21ClN2O. The number of hydrogen-bond donors (Lipinski definition) is 0. The minimum atomic E-state index is -0.0116. The zero-order valence-electron chi connectivity index (χ0n) is 13.8. The number of carbonyl (C=O) groups is 1. The van der Waals surface area contributed by atoms with Crippen LogP contribution in [0.5, 0.6) is 0 Å². The number of aryl methyl sites for hydroxylation is 2. The predicted octanol–water partition coefficient (Wildman–Crippen LogP) is 4.71. The van der Waals surface area contributed by atoms with Crippen LogP contribution in [0.15, 0.2) is 30.5 Å². The lowest BCUT2D eigenvalue weighted by Gasteiger charge is -2.25. The van der Waals surface area contributed by atoms with Crippen molar-refractivity contribution in [1.29, 1.82) is 0 Å². The highest BCUT2D eigenvalue weighted by molar-refractivity contribution is 6.31. The number of nitrogens with zero attached hydrogens (tertiary/aromatic N) is 2. The molecule has 0 N–H and O–H groups in total. The van der Waals surface area contributed by atoms with Gasteiger partial charge in [-0.25, -0.2) is 0 Å². The average molecular weight is 329 g/mol. The summed E-state index contributed by atoms with van der Waals surface area (Å²) < 4.78 is 0. The fourth-order valence-corrected chi connectivity index (χ4v) is 3.47. The first kappa shape index (κ1) is 16.0. The van der Waals surface area contributed by atoms with Crippen LogP contribution < -0.4 is 0 Å². The third-order valence-corrected chi connectivity index (χ3v) is 4.99. The van der Waals surface area contributed by atoms with Gasteiger partial charge < -0.3 is 4.90 Å². The van der Waals surface area contributed by atoms with Gasteiger partial charge in [0, 0.05) is 34.6 Å². The molecule has 0 saturated carbocycles. The Hall–Kier alpha value is -1.87. The number of amides is 1. The number of benzene rings is 1. The highest BCUT2D eigenvalue weighted by Crippen LogP contribution is 2.33. The molecule has 1 aromatic heterocycles. The van der Waals surface area contributed by atoms with Crippen molar-refractivity contribution in [2.45, 2.75) is 46.2 Å². The summed E-state index contributed by atoms with van der Waals surface area (Å²) in [7, 11) is 0. The molecule has 0 aliphatic carbocycles. The van der Waals surface area contributed by atoms with E-state index >= 15 is 0 Å². The molecule has 4 heteroatoms. The van der Waals surface area contributed by atoms with E-state index in [-0.39, 0.29) is 11.9 Å². The van der Waals surface area contributed by atoms with Crippen molar-refractivity contribution in [2.24, 2.45) is 0 Å². The number of pyridine rings is 1. The van der Waals surface area contributed by atoms with Gasteiger partial charge in [0.05, 0.1) is 6.04 Å². The molecule has 1 atom stereocenters. The molecule has 1 aromatic carbocycles. The normalized spacial score (nSPS) is 15.0. The minimum absolute atomic E-state index is 0.0116. The third-order valence-electron chi connectivity index (χ3n) is 4.64. The topological polar surface area (TPSA) is 33.2 Å². The van der Waals surface area contributed by atoms with Gasteiger partial charge >= 0.3 is 0 Å². The van der Waals surface area contributed by atoms with Crippen LogP contribution in [0.3, 0.4) is 0 Å². The third kappa shape index (κ3) is 2.86. The standard InChI is InChI=1S/C19H21ClN2O/c1-4-5-14-6-7-15(10-18(14)20)13(3)22-11-17-12(2)21-9-8-16(17)19(22)23/h6-10,13H,4-5,11H2,1-3H3. The molecule has 1 unspecified atom stereocenters. The SMILES string of the molecule is CCCc1ccc(C(C)N2Cc3c(ccnc3C)C2=O)cc1Cl. The largest absolute Gasteiger partial charge is 0.327 e. The van der Waals surface area contributed by atoms with Gasteiger partial charge in [0.25, 0.3) is 5.91 Å². The molecule has 0 fully saturated rings. The van der Waals surface area contributed by atoms with Gasteiger partial charge in [-0.1, -0.05) is 37.1 Å². The minimum Gasteiger partial charge on any atom is -0.327 e. The number of halogens is 1. The summed E-state index contributed by atoms with van der Waals surface area (Å²) in [5.74, 6) is 0.0757. The summed E-state index contributed by atoms with van der Waals surface area (Å²) >= 11 is 6.40. The molecule has 0 radical (unpaired) electrons. The van der Waals surface area contributed by atoms with Gasteiger partial charge in [-0.3, -0.25) is 9.78 Å². The van der Waals surface area contributed by atoms with Crippen molar-refractivity contribution in [1.82, 2.24) is 9.88 Å². The fraction of sp³-hybridized carbons (Fsp3) is 0.368. The molecule has 1 aliphatic heterocycles. The van der Waals surface area contributed by atoms with Gasteiger partial charge in [0.1, 0.15) is 0 Å². The molecule has 23 heavy (non-hydrogen) atoms. The highest BCUT2D eigenvalue weighted by Gasteiger charge is 2.32. The van der Waals surface area contributed by atoms with Gasteiger partial charge in [-0.15, -0.1) is 0 Å². The van der Waals surface area contributed by atoms with Crippen molar-refractivity contribution < 1.29 is 4.79 Å². The second kappa shape index (κ2) is 6.32. The van der Waals surface area contributed by atoms with Crippen LogP contribution in [0.2, 0.25) is 5.02 Å². The molecular weight excluding hydrogens is 308 g/mol. The van der Waals surface area contributed by atoms with E-state index in [1.807, 2.05) is 24.0 Å². The lowest BCUT2D eigenvalue weighted by Crippen LogP contribution is -2.27. The van der Waals surface area contributed by atoms with E-state index in [1.165, 1.54) is 5.56 Å². The number of carbonyl (C=O) groups excluding carboxylic acids is 1. The zero-order chi connectivity index (χ0) is 16.6. The van der Waals surface area contributed by atoms with Crippen molar-refractivity contribution in [2.75, 3.05) is 0 Å². The molecule has 3 rings (SSSR count). The van der Waals surface area contributed by atoms with E-state index in [9.17, 15) is 4.79 Å². The zero-order valence-corrected chi connectivity index (χ0v) is 14.5. The Morgan fingerprint density at radius 3 is 2.78 bits per heavy atom. The van der Waals surface area contributed by atoms with Gasteiger partial charge in [0.15, 0.2) is 0 Å². The maximum absolute atomic E-state index is 12.7. The van der Waals surface area contributed by atoms with Crippen LogP contribution in [0, 0.1) is 6.92 Å². The van der Waals surface area contributed by atoms with E-state index in [1.54, 1.807) is 6.20 Å². The molecule has 0 bridgehead atoms. The molecule has 2 aromatic rings. The number of rotatable bonds is 4. The molecule has 0 spiro atoms. The Balaban J connectivity index is 1.87. The lowest BCUT2D eigenvalue weighted by atomic mass is 10.0. The summed E-state index contributed by atoms with van der Waals surface area (Å²) in [6.45, 7) is 6.76. The summed E-state index contributed by atoms with van der Waals surface area (Å²) in [5.41, 5.74) is 4.99. The summed E-state index contributed by atoms with van der Waals surface area (Å²) in [6, 6.07) is 7.97. The van der Waals surface area contributed by atoms with Gasteiger partial charge in [-0.05, 0) is 43.5 Å². The average Bonchev–Trinajstić information content (AvgIpc) is 2.87. The van der Waals surface area contributed by atoms with E-state index in [4.69, 9.17) is 11.6 Å². The molecule has 1 amide bonds. The van der Waals surface area contributed by atoms with Crippen LogP contribution in [-0.2, 0) is 13.0 Å². The molecule has 2 heterocycles. The van der Waals surface area contributed by atoms with Gasteiger partial charge in [0.2, 0.25) is 0 Å². The maximum atomic E-state index is 12.7. The van der Waals surface area contributed by atoms with Gasteiger partial charge in [-0.2, -0.15) is 0 Å². The smallest absolute Gasteiger partial charge is 0.255 e. The Bertz CT molecular complexity index is 757. The summed E-state index contributed by atoms with van der Waals surface area (Å²) in [5, 5.41) is 0.790. The number of fused-ring (bicyclic) bond motifs is 1. The second-order valence-corrected chi connectivity index (χ2v) is 6.54. The summed E-state index contributed by atoms with van der Waals surface area (Å²) in [6.07, 6.45) is 3.75. The van der Waals surface area contributed by atoms with Crippen molar-refractivity contribution in [3.8, 4) is 0 Å². The van der Waals surface area contributed by atoms with Crippen LogP contribution in [0.4, 0.5) is 0 Å². The first-order valence-corrected chi connectivity index (χ1v) is 8.44. The monoisotopic (exact) mass is 328 g/mol. The Kier molecular flexibility index (Phi) is 4.40. The quantitative estimate of drug-likeness (QED) is 0.814. The van der Waals surface area contributed by atoms with Crippen LogP contribution in [0.25, 0.3) is 0 Å². The fourth-order valence-electron chi connectivity index (χ4n) is 3.18. The number of hydrogen-bond acceptors (Lipinski definition) is 2. The van der Waals surface area contributed by atoms with Crippen LogP contribution >= 0.6 is 11.6 Å². The summed E-state index contributed by atoms with van der Waals surface area (Å²) in [4.78, 5) is 18.9. The first-order chi connectivity index (χ1) is 11.0. The molecule has 3 nitrogen and oxygen atoms in total. The van der Waals surface area contributed by atoms with E-state index < -0.39 is 0 Å². The van der Waals surface area contributed by atoms with Crippen molar-refractivity contribution >= 4 is 17.5 Å². The Morgan fingerprint density at radius 2 is 2.13 bits per heavy atom. The molecule has 0 saturated heterocycles. The maximum Gasteiger partial charge on any atom is 0.255 e. The van der Waals surface area contributed by atoms with E-state index in [0.29, 0.717) is 6.54 Å². The van der Waals surface area contributed by atoms with Crippen LogP contribution in [0.1, 0.15) is 59.1 Å². The van der Waals surface area contributed by atoms with Crippen LogP contribution in [-0.4, -0.2) is 15.8 Å². The van der Waals surface area contributed by atoms with E-state index in [0.717, 1.165) is 40.2 Å². The lowest BCUT2D eigenvalue weighted by molar-refractivity contribution is 0.0716. The Morgan fingerprint density at radius 1 is 1.35 bits per heavy atom. The highest BCUT2D eigenvalue weighted by atomic mass is 35.5. The second-order valence-electron chi connectivity index (χ2n) is 6.13. The van der Waals surface area contributed by atoms with E-state index in [2.05, 4.69) is 31.0 Å². The molecule has 120 valence electrons. The number of aromatic nitrogens is 1. The van der Waals surface area contributed by atoms with Crippen molar-refractivity contribution in [3.05, 3.63) is 63.4 Å². The van der Waals surface area contributed by atoms with Crippen molar-refractivity contribution in [3.63, 3.8) is 0 Å².